The van der Waals surface area contributed by atoms with Crippen molar-refractivity contribution in [3.05, 3.63) is 33.8 Å². The van der Waals surface area contributed by atoms with Gasteiger partial charge in [-0.2, -0.15) is 11.3 Å². The van der Waals surface area contributed by atoms with Crippen molar-refractivity contribution >= 4 is 23.3 Å². The van der Waals surface area contributed by atoms with Crippen LogP contribution in [0.4, 0.5) is 0 Å². The molecule has 0 atom stereocenters. The van der Waals surface area contributed by atoms with Gasteiger partial charge in [-0.3, -0.25) is 4.79 Å². The van der Waals surface area contributed by atoms with Crippen molar-refractivity contribution in [3.63, 3.8) is 0 Å². The van der Waals surface area contributed by atoms with Gasteiger partial charge in [0, 0.05) is 0 Å². The lowest BCUT2D eigenvalue weighted by atomic mass is 10.2. The number of methoxy groups -OCH3 is 2. The molecule has 0 bridgehead atoms. The first-order chi connectivity index (χ1) is 9.65. The highest BCUT2D eigenvalue weighted by Gasteiger charge is 2.23. The Morgan fingerprint density at radius 1 is 1.35 bits per heavy atom. The average molecular weight is 295 g/mol. The Morgan fingerprint density at radius 2 is 2.15 bits per heavy atom. The van der Waals surface area contributed by atoms with E-state index in [-0.39, 0.29) is 12.1 Å². The van der Waals surface area contributed by atoms with Gasteiger partial charge in [0.1, 0.15) is 0 Å². The van der Waals surface area contributed by atoms with Crippen LogP contribution in [0.3, 0.4) is 0 Å². The van der Waals surface area contributed by atoms with Crippen molar-refractivity contribution in [2.75, 3.05) is 14.2 Å². The smallest absolute Gasteiger partial charge is 0.360 e. The zero-order chi connectivity index (χ0) is 14.5. The van der Waals surface area contributed by atoms with Gasteiger partial charge in [-0.05, 0) is 22.4 Å². The Hall–Kier alpha value is -2.22. The Kier molecular flexibility index (Phi) is 4.46. The van der Waals surface area contributed by atoms with E-state index >= 15 is 0 Å². The van der Waals surface area contributed by atoms with Crippen molar-refractivity contribution in [2.24, 2.45) is 0 Å². The van der Waals surface area contributed by atoms with Gasteiger partial charge in [-0.15, -0.1) is 5.10 Å². The number of ether oxygens (including phenoxy) is 2. The molecule has 2 aromatic heterocycles. The maximum absolute atomic E-state index is 11.6. The summed E-state index contributed by atoms with van der Waals surface area (Å²) in [6.45, 7) is 0.430. The molecule has 0 aromatic carbocycles. The molecule has 0 saturated carbocycles. The molecule has 0 amide bonds. The van der Waals surface area contributed by atoms with E-state index in [2.05, 4.69) is 19.8 Å². The average Bonchev–Trinajstić information content (AvgIpc) is 3.09. The van der Waals surface area contributed by atoms with Crippen molar-refractivity contribution < 1.29 is 19.1 Å². The van der Waals surface area contributed by atoms with E-state index in [9.17, 15) is 9.59 Å². The molecule has 0 aliphatic carbocycles. The molecule has 2 heterocycles. The molecule has 106 valence electrons. The number of thiophene rings is 1. The molecule has 0 aliphatic rings. The van der Waals surface area contributed by atoms with E-state index < -0.39 is 11.9 Å². The molecule has 0 unspecified atom stereocenters. The van der Waals surface area contributed by atoms with Crippen LogP contribution in [0.15, 0.2) is 16.8 Å². The van der Waals surface area contributed by atoms with Crippen LogP contribution in [-0.4, -0.2) is 41.2 Å². The number of esters is 2. The highest BCUT2D eigenvalue weighted by atomic mass is 32.1. The van der Waals surface area contributed by atoms with Gasteiger partial charge in [0.25, 0.3) is 0 Å². The zero-order valence-electron chi connectivity index (χ0n) is 11.0. The third kappa shape index (κ3) is 3.02. The van der Waals surface area contributed by atoms with Crippen molar-refractivity contribution in [1.29, 1.82) is 0 Å². The molecule has 7 nitrogen and oxygen atoms in total. The van der Waals surface area contributed by atoms with Crippen LogP contribution >= 0.6 is 11.3 Å². The molecule has 0 aliphatic heterocycles. The summed E-state index contributed by atoms with van der Waals surface area (Å²) >= 11 is 1.56. The Bertz CT molecular complexity index is 606. The SMILES string of the molecule is COC(=O)Cc1c(C(=O)OC)nnn1Cc1ccsc1. The second-order valence-corrected chi connectivity index (χ2v) is 4.70. The third-order valence-electron chi connectivity index (χ3n) is 2.67. The number of rotatable bonds is 5. The molecule has 2 rings (SSSR count). The normalized spacial score (nSPS) is 10.3. The summed E-state index contributed by atoms with van der Waals surface area (Å²) in [5, 5.41) is 11.6. The molecule has 0 N–H and O–H groups in total. The van der Waals surface area contributed by atoms with Crippen LogP contribution in [0.2, 0.25) is 0 Å². The van der Waals surface area contributed by atoms with E-state index in [0.29, 0.717) is 12.2 Å². The molecule has 8 heteroatoms. The predicted octanol–water partition coefficient (Wildman–Crippen LogP) is 0.890. The molecule has 0 spiro atoms. The summed E-state index contributed by atoms with van der Waals surface area (Å²) < 4.78 is 10.8. The minimum absolute atomic E-state index is 0.0353. The second-order valence-electron chi connectivity index (χ2n) is 3.92. The van der Waals surface area contributed by atoms with Gasteiger partial charge in [-0.25, -0.2) is 9.48 Å². The lowest BCUT2D eigenvalue weighted by Gasteiger charge is -2.05. The summed E-state index contributed by atoms with van der Waals surface area (Å²) in [7, 11) is 2.54. The molecule has 2 aromatic rings. The lowest BCUT2D eigenvalue weighted by Crippen LogP contribution is -2.15. The van der Waals surface area contributed by atoms with Crippen LogP contribution in [0.1, 0.15) is 21.7 Å². The first kappa shape index (κ1) is 14.2. The quantitative estimate of drug-likeness (QED) is 0.762. The molecular formula is C12H13N3O4S. The van der Waals surface area contributed by atoms with Gasteiger partial charge in [0.05, 0.1) is 32.9 Å². The molecule has 0 fully saturated rings. The van der Waals surface area contributed by atoms with Crippen LogP contribution < -0.4 is 0 Å². The lowest BCUT2D eigenvalue weighted by molar-refractivity contribution is -0.139. The number of nitrogens with zero attached hydrogens (tertiary/aromatic N) is 3. The first-order valence-electron chi connectivity index (χ1n) is 5.74. The molecule has 0 radical (unpaired) electrons. The number of carbonyl (C=O) groups excluding carboxylic acids is 2. The third-order valence-corrected chi connectivity index (χ3v) is 3.40. The maximum atomic E-state index is 11.6. The Labute approximate surface area is 119 Å². The number of carbonyl (C=O) groups is 2. The predicted molar refractivity (Wildman–Crippen MR) is 70.5 cm³/mol. The van der Waals surface area contributed by atoms with Crippen molar-refractivity contribution in [3.8, 4) is 0 Å². The summed E-state index contributed by atoms with van der Waals surface area (Å²) in [6.07, 6.45) is -0.0852. The summed E-state index contributed by atoms with van der Waals surface area (Å²) in [4.78, 5) is 23.1. The standard InChI is InChI=1S/C12H13N3O4S/c1-18-10(16)5-9-11(12(17)19-2)13-14-15(9)6-8-3-4-20-7-8/h3-4,7H,5-6H2,1-2H3. The van der Waals surface area contributed by atoms with Crippen LogP contribution in [0.5, 0.6) is 0 Å². The van der Waals surface area contributed by atoms with Crippen molar-refractivity contribution in [1.82, 2.24) is 15.0 Å². The second kappa shape index (κ2) is 6.29. The first-order valence-corrected chi connectivity index (χ1v) is 6.68. The van der Waals surface area contributed by atoms with Gasteiger partial charge in [0.15, 0.2) is 5.69 Å². The van der Waals surface area contributed by atoms with Crippen LogP contribution in [-0.2, 0) is 27.2 Å². The Morgan fingerprint density at radius 3 is 2.75 bits per heavy atom. The molecule has 20 heavy (non-hydrogen) atoms. The highest BCUT2D eigenvalue weighted by Crippen LogP contribution is 2.13. The summed E-state index contributed by atoms with van der Waals surface area (Å²) in [5.74, 6) is -1.09. The fourth-order valence-corrected chi connectivity index (χ4v) is 2.31. The van der Waals surface area contributed by atoms with E-state index in [1.807, 2.05) is 16.8 Å². The zero-order valence-corrected chi connectivity index (χ0v) is 11.8. The highest BCUT2D eigenvalue weighted by molar-refractivity contribution is 7.07. The summed E-state index contributed by atoms with van der Waals surface area (Å²) in [6, 6.07) is 1.94. The largest absolute Gasteiger partial charge is 0.469 e. The minimum Gasteiger partial charge on any atom is -0.469 e. The van der Waals surface area contributed by atoms with Gasteiger partial charge < -0.3 is 9.47 Å². The van der Waals surface area contributed by atoms with Gasteiger partial charge in [-0.1, -0.05) is 5.21 Å². The number of hydrogen-bond acceptors (Lipinski definition) is 7. The van der Waals surface area contributed by atoms with Gasteiger partial charge >= 0.3 is 11.9 Å². The fourth-order valence-electron chi connectivity index (χ4n) is 1.65. The molecular weight excluding hydrogens is 282 g/mol. The monoisotopic (exact) mass is 295 g/mol. The van der Waals surface area contributed by atoms with Crippen molar-refractivity contribution in [2.45, 2.75) is 13.0 Å². The minimum atomic E-state index is -0.625. The van der Waals surface area contributed by atoms with E-state index in [4.69, 9.17) is 0 Å². The summed E-state index contributed by atoms with van der Waals surface area (Å²) in [5.41, 5.74) is 1.44. The number of aromatic nitrogens is 3. The van der Waals surface area contributed by atoms with E-state index in [1.54, 1.807) is 11.3 Å². The maximum Gasteiger partial charge on any atom is 0.360 e. The Balaban J connectivity index is 2.33. The molecule has 0 saturated heterocycles. The van der Waals surface area contributed by atoms with E-state index in [1.165, 1.54) is 18.9 Å². The number of hydrogen-bond donors (Lipinski definition) is 0. The topological polar surface area (TPSA) is 83.3 Å². The van der Waals surface area contributed by atoms with Crippen LogP contribution in [0.25, 0.3) is 0 Å². The van der Waals surface area contributed by atoms with Gasteiger partial charge in [0.2, 0.25) is 0 Å². The van der Waals surface area contributed by atoms with E-state index in [0.717, 1.165) is 5.56 Å². The fraction of sp³-hybridized carbons (Fsp3) is 0.333. The van der Waals surface area contributed by atoms with Crippen LogP contribution in [0, 0.1) is 0 Å².